The molecule has 4 aromatic rings. The summed E-state index contributed by atoms with van der Waals surface area (Å²) >= 11 is 1.51. The monoisotopic (exact) mass is 457 g/mol. The Hall–Kier alpha value is -3.58. The largest absolute Gasteiger partial charge is 0.493 e. The number of nitrogens with one attached hydrogen (secondary N) is 1. The van der Waals surface area contributed by atoms with Crippen LogP contribution in [0.25, 0.3) is 11.1 Å². The van der Waals surface area contributed by atoms with E-state index in [1.807, 2.05) is 30.3 Å². The van der Waals surface area contributed by atoms with Gasteiger partial charge in [-0.15, -0.1) is 11.8 Å². The molecular weight excluding hydrogens is 434 g/mol. The molecule has 0 fully saturated rings. The molecule has 3 aromatic carbocycles. The highest BCUT2D eigenvalue weighted by atomic mass is 32.2. The van der Waals surface area contributed by atoms with Gasteiger partial charge in [0.15, 0.2) is 5.82 Å². The number of benzene rings is 3. The highest BCUT2D eigenvalue weighted by molar-refractivity contribution is 7.98. The number of ether oxygens (including phenoxy) is 1. The van der Waals surface area contributed by atoms with Crippen LogP contribution in [0.3, 0.4) is 0 Å². The fourth-order valence-corrected chi connectivity index (χ4v) is 4.66. The summed E-state index contributed by atoms with van der Waals surface area (Å²) in [6.07, 6.45) is 0.960. The fraction of sp³-hybridized carbons (Fsp3) is 0.192. The molecule has 0 atom stereocenters. The van der Waals surface area contributed by atoms with E-state index in [1.165, 1.54) is 22.9 Å². The number of hydrogen-bond acceptors (Lipinski definition) is 6. The number of amides is 1. The number of aromatic nitrogens is 2. The van der Waals surface area contributed by atoms with Gasteiger partial charge >= 0.3 is 0 Å². The van der Waals surface area contributed by atoms with Gasteiger partial charge < -0.3 is 14.6 Å². The van der Waals surface area contributed by atoms with E-state index in [1.54, 1.807) is 6.92 Å². The SMILES string of the molecule is Cc1noc(CSc2ccccc2C(=O)NCc2ccc(-c3ccc4c(c3)CCO4)cc2)n1. The molecule has 6 nitrogen and oxygen atoms in total. The Morgan fingerprint density at radius 1 is 1.06 bits per heavy atom. The Morgan fingerprint density at radius 3 is 2.70 bits per heavy atom. The number of carbonyl (C=O) groups is 1. The Morgan fingerprint density at radius 2 is 1.88 bits per heavy atom. The van der Waals surface area contributed by atoms with Gasteiger partial charge in [-0.3, -0.25) is 4.79 Å². The van der Waals surface area contributed by atoms with Crippen LogP contribution >= 0.6 is 11.8 Å². The Balaban J connectivity index is 1.21. The van der Waals surface area contributed by atoms with Crippen LogP contribution in [-0.2, 0) is 18.7 Å². The first-order valence-electron chi connectivity index (χ1n) is 10.8. The maximum absolute atomic E-state index is 12.9. The molecular formula is C26H23N3O3S. The van der Waals surface area contributed by atoms with Crippen LogP contribution in [0, 0.1) is 6.92 Å². The average molecular weight is 458 g/mol. The Bertz CT molecular complexity index is 1280. The number of hydrogen-bond donors (Lipinski definition) is 1. The van der Waals surface area contributed by atoms with Crippen LogP contribution in [-0.4, -0.2) is 22.7 Å². The summed E-state index contributed by atoms with van der Waals surface area (Å²) in [5.74, 6) is 2.55. The van der Waals surface area contributed by atoms with E-state index in [0.717, 1.165) is 34.8 Å². The van der Waals surface area contributed by atoms with E-state index in [2.05, 4.69) is 51.9 Å². The molecule has 1 amide bonds. The Kier molecular flexibility index (Phi) is 6.13. The molecule has 0 aliphatic carbocycles. The summed E-state index contributed by atoms with van der Waals surface area (Å²) in [4.78, 5) is 18.0. The second-order valence-electron chi connectivity index (χ2n) is 7.82. The summed E-state index contributed by atoms with van der Waals surface area (Å²) in [5.41, 5.74) is 5.27. The van der Waals surface area contributed by atoms with Gasteiger partial charge in [-0.1, -0.05) is 47.6 Å². The van der Waals surface area contributed by atoms with E-state index in [4.69, 9.17) is 9.26 Å². The quantitative estimate of drug-likeness (QED) is 0.384. The lowest BCUT2D eigenvalue weighted by Crippen LogP contribution is -2.23. The number of carbonyl (C=O) groups excluding carboxylic acids is 1. The highest BCUT2D eigenvalue weighted by Gasteiger charge is 2.14. The molecule has 0 spiro atoms. The molecule has 1 N–H and O–H groups in total. The summed E-state index contributed by atoms with van der Waals surface area (Å²) in [5, 5.41) is 6.84. The first-order chi connectivity index (χ1) is 16.2. The van der Waals surface area contributed by atoms with Gasteiger partial charge in [0, 0.05) is 17.9 Å². The molecule has 0 radical (unpaired) electrons. The van der Waals surface area contributed by atoms with E-state index in [-0.39, 0.29) is 5.91 Å². The molecule has 33 heavy (non-hydrogen) atoms. The second-order valence-corrected chi connectivity index (χ2v) is 8.84. The molecule has 1 aromatic heterocycles. The van der Waals surface area contributed by atoms with Gasteiger partial charge in [-0.25, -0.2) is 0 Å². The van der Waals surface area contributed by atoms with Crippen molar-refractivity contribution in [1.82, 2.24) is 15.5 Å². The molecule has 2 heterocycles. The minimum absolute atomic E-state index is 0.109. The molecule has 0 unspecified atom stereocenters. The molecule has 7 heteroatoms. The molecule has 0 saturated heterocycles. The van der Waals surface area contributed by atoms with Gasteiger partial charge in [-0.05, 0) is 53.4 Å². The number of rotatable bonds is 7. The van der Waals surface area contributed by atoms with Crippen molar-refractivity contribution in [3.8, 4) is 16.9 Å². The van der Waals surface area contributed by atoms with E-state index in [0.29, 0.717) is 29.6 Å². The van der Waals surface area contributed by atoms with Crippen LogP contribution in [0.2, 0.25) is 0 Å². The maximum atomic E-state index is 12.9. The summed E-state index contributed by atoms with van der Waals surface area (Å²) in [7, 11) is 0. The van der Waals surface area contributed by atoms with Gasteiger partial charge in [0.25, 0.3) is 5.91 Å². The van der Waals surface area contributed by atoms with Crippen LogP contribution in [0.1, 0.15) is 33.2 Å². The van der Waals surface area contributed by atoms with Crippen LogP contribution in [0.5, 0.6) is 5.75 Å². The molecule has 5 rings (SSSR count). The lowest BCUT2D eigenvalue weighted by atomic mass is 10.0. The average Bonchev–Trinajstić information content (AvgIpc) is 3.50. The number of fused-ring (bicyclic) bond motifs is 1. The minimum atomic E-state index is -0.109. The topological polar surface area (TPSA) is 77.2 Å². The second kappa shape index (κ2) is 9.50. The van der Waals surface area contributed by atoms with Gasteiger partial charge in [0.1, 0.15) is 5.75 Å². The van der Waals surface area contributed by atoms with Crippen LogP contribution < -0.4 is 10.1 Å². The molecule has 0 saturated carbocycles. The minimum Gasteiger partial charge on any atom is -0.493 e. The van der Waals surface area contributed by atoms with Crippen LogP contribution in [0.15, 0.2) is 76.1 Å². The van der Waals surface area contributed by atoms with Crippen molar-refractivity contribution in [2.75, 3.05) is 6.61 Å². The number of nitrogens with zero attached hydrogens (tertiary/aromatic N) is 2. The van der Waals surface area contributed by atoms with Gasteiger partial charge in [-0.2, -0.15) is 4.98 Å². The molecule has 0 bridgehead atoms. The van der Waals surface area contributed by atoms with E-state index in [9.17, 15) is 4.79 Å². The smallest absolute Gasteiger partial charge is 0.252 e. The third-order valence-electron chi connectivity index (χ3n) is 5.48. The molecule has 166 valence electrons. The van der Waals surface area contributed by atoms with E-state index < -0.39 is 0 Å². The molecule has 1 aliphatic heterocycles. The summed E-state index contributed by atoms with van der Waals surface area (Å²) in [6.45, 7) is 3.00. The van der Waals surface area contributed by atoms with Gasteiger partial charge in [0.05, 0.1) is 17.9 Å². The van der Waals surface area contributed by atoms with Crippen molar-refractivity contribution in [2.45, 2.75) is 30.5 Å². The highest BCUT2D eigenvalue weighted by Crippen LogP contribution is 2.30. The number of aryl methyl sites for hydroxylation is 1. The van der Waals surface area contributed by atoms with Crippen molar-refractivity contribution in [3.63, 3.8) is 0 Å². The molecule has 1 aliphatic rings. The first kappa shape index (κ1) is 21.3. The van der Waals surface area contributed by atoms with Crippen molar-refractivity contribution in [1.29, 1.82) is 0 Å². The lowest BCUT2D eigenvalue weighted by Gasteiger charge is -2.10. The normalized spacial score (nSPS) is 12.3. The fourth-order valence-electron chi connectivity index (χ4n) is 3.78. The standard InChI is InChI=1S/C26H23N3O3S/c1-17-28-25(32-29-17)16-33-24-5-3-2-4-22(24)26(30)27-15-18-6-8-19(9-7-18)20-10-11-23-21(14-20)12-13-31-23/h2-11,14H,12-13,15-16H2,1H3,(H,27,30). The van der Waals surface area contributed by atoms with Gasteiger partial charge in [0.2, 0.25) is 5.89 Å². The number of thioether (sulfide) groups is 1. The lowest BCUT2D eigenvalue weighted by molar-refractivity contribution is 0.0948. The summed E-state index contributed by atoms with van der Waals surface area (Å²) in [6, 6.07) is 22.2. The zero-order chi connectivity index (χ0) is 22.6. The third-order valence-corrected chi connectivity index (χ3v) is 6.54. The summed E-state index contributed by atoms with van der Waals surface area (Å²) < 4.78 is 10.8. The van der Waals surface area contributed by atoms with Crippen molar-refractivity contribution >= 4 is 17.7 Å². The van der Waals surface area contributed by atoms with Crippen molar-refractivity contribution in [3.05, 3.63) is 95.1 Å². The Labute approximate surface area is 196 Å². The van der Waals surface area contributed by atoms with Crippen molar-refractivity contribution < 1.29 is 14.1 Å². The predicted octanol–water partition coefficient (Wildman–Crippen LogP) is 5.20. The maximum Gasteiger partial charge on any atom is 0.252 e. The van der Waals surface area contributed by atoms with E-state index >= 15 is 0 Å². The zero-order valence-electron chi connectivity index (χ0n) is 18.2. The predicted molar refractivity (Wildman–Crippen MR) is 127 cm³/mol. The first-order valence-corrected chi connectivity index (χ1v) is 11.8. The zero-order valence-corrected chi connectivity index (χ0v) is 19.0. The third kappa shape index (κ3) is 4.93. The van der Waals surface area contributed by atoms with Crippen LogP contribution in [0.4, 0.5) is 0 Å². The van der Waals surface area contributed by atoms with Crippen molar-refractivity contribution in [2.24, 2.45) is 0 Å².